The van der Waals surface area contributed by atoms with Crippen LogP contribution in [0.25, 0.3) is 0 Å². The Morgan fingerprint density at radius 1 is 1.58 bits per heavy atom. The lowest BCUT2D eigenvalue weighted by Gasteiger charge is -2.09. The number of hydrogen-bond acceptors (Lipinski definition) is 4. The van der Waals surface area contributed by atoms with Crippen LogP contribution in [0.15, 0.2) is 20.0 Å². The van der Waals surface area contributed by atoms with Gasteiger partial charge in [0, 0.05) is 8.95 Å². The largest absolute Gasteiger partial charge is 0.478 e. The van der Waals surface area contributed by atoms with Gasteiger partial charge >= 0.3 is 5.97 Å². The minimum Gasteiger partial charge on any atom is -0.478 e. The molecule has 0 heterocycles. The maximum absolute atomic E-state index is 11.3. The first-order valence-corrected chi connectivity index (χ1v) is 7.79. The van der Waals surface area contributed by atoms with E-state index in [1.54, 1.807) is 18.5 Å². The van der Waals surface area contributed by atoms with Gasteiger partial charge in [-0.2, -0.15) is 5.26 Å². The molecule has 0 aliphatic rings. The quantitative estimate of drug-likeness (QED) is 0.245. The zero-order valence-corrected chi connectivity index (χ0v) is 14.1. The highest BCUT2D eigenvalue weighted by molar-refractivity contribution is 9.11. The fourth-order valence-electron chi connectivity index (χ4n) is 1.16. The number of thioether (sulfide) groups is 1. The van der Waals surface area contributed by atoms with Crippen LogP contribution in [0.1, 0.15) is 10.4 Å². The molecule has 0 aromatic heterocycles. The minimum absolute atomic E-state index is 0.0480. The number of nitrogens with zero attached hydrogens (tertiary/aromatic N) is 2. The molecule has 0 spiro atoms. The van der Waals surface area contributed by atoms with Gasteiger partial charge in [0.1, 0.15) is 5.56 Å². The summed E-state index contributed by atoms with van der Waals surface area (Å²) in [7, 11) is 0. The molecule has 9 heteroatoms. The second kappa shape index (κ2) is 7.14. The standard InChI is InChI=1S/C10H6Br2ClN3O2S/c1-19-10(15-3-14)16-8-5(12)2-4(11)7(13)6(8)9(17)18/h2H,1H3,(H,15,16)(H,17,18). The first kappa shape index (κ1) is 16.3. The average molecular weight is 428 g/mol. The molecule has 0 atom stereocenters. The molecule has 0 radical (unpaired) electrons. The molecule has 0 saturated heterocycles. The Morgan fingerprint density at radius 3 is 2.68 bits per heavy atom. The maximum Gasteiger partial charge on any atom is 0.339 e. The second-order valence-electron chi connectivity index (χ2n) is 3.04. The van der Waals surface area contributed by atoms with E-state index in [0.29, 0.717) is 8.95 Å². The summed E-state index contributed by atoms with van der Waals surface area (Å²) < 4.78 is 0.892. The normalized spacial score (nSPS) is 11.0. The number of halogens is 3. The number of carboxylic acid groups (broad SMARTS) is 1. The highest BCUT2D eigenvalue weighted by atomic mass is 79.9. The lowest BCUT2D eigenvalue weighted by Crippen LogP contribution is -2.13. The Balaban J connectivity index is 3.55. The van der Waals surface area contributed by atoms with Crippen LogP contribution in [0.4, 0.5) is 5.69 Å². The van der Waals surface area contributed by atoms with Gasteiger partial charge in [-0.15, -0.1) is 0 Å². The van der Waals surface area contributed by atoms with E-state index in [4.69, 9.17) is 16.9 Å². The van der Waals surface area contributed by atoms with E-state index in [9.17, 15) is 9.90 Å². The maximum atomic E-state index is 11.3. The summed E-state index contributed by atoms with van der Waals surface area (Å²) in [5.41, 5.74) is 0.00186. The van der Waals surface area contributed by atoms with Gasteiger partial charge in [-0.3, -0.25) is 5.32 Å². The molecule has 0 amide bonds. The van der Waals surface area contributed by atoms with Gasteiger partial charge in [-0.1, -0.05) is 23.4 Å². The summed E-state index contributed by atoms with van der Waals surface area (Å²) in [6, 6.07) is 1.60. The van der Waals surface area contributed by atoms with Crippen molar-refractivity contribution in [3.63, 3.8) is 0 Å². The number of nitrogens with one attached hydrogen (secondary N) is 1. The number of hydrogen-bond donors (Lipinski definition) is 2. The van der Waals surface area contributed by atoms with Crippen LogP contribution in [0.5, 0.6) is 0 Å². The molecule has 0 fully saturated rings. The van der Waals surface area contributed by atoms with Gasteiger partial charge in [0.05, 0.1) is 10.7 Å². The van der Waals surface area contributed by atoms with Gasteiger partial charge < -0.3 is 5.11 Å². The van der Waals surface area contributed by atoms with E-state index in [1.807, 2.05) is 0 Å². The molecule has 2 N–H and O–H groups in total. The number of benzene rings is 1. The average Bonchev–Trinajstić information content (AvgIpc) is 2.34. The Morgan fingerprint density at radius 2 is 2.21 bits per heavy atom. The molecule has 1 aromatic rings. The Bertz CT molecular complexity index is 601. The van der Waals surface area contributed by atoms with Crippen molar-refractivity contribution in [3.8, 4) is 6.19 Å². The fraction of sp³-hybridized carbons (Fsp3) is 0.100. The lowest BCUT2D eigenvalue weighted by atomic mass is 10.2. The molecule has 1 aromatic carbocycles. The monoisotopic (exact) mass is 425 g/mol. The van der Waals surface area contributed by atoms with Gasteiger partial charge in [0.15, 0.2) is 11.4 Å². The lowest BCUT2D eigenvalue weighted by molar-refractivity contribution is 0.0698. The van der Waals surface area contributed by atoms with Gasteiger partial charge in [-0.25, -0.2) is 9.79 Å². The van der Waals surface area contributed by atoms with Gasteiger partial charge in [0.25, 0.3) is 0 Å². The number of amidine groups is 1. The van der Waals surface area contributed by atoms with Crippen molar-refractivity contribution in [2.75, 3.05) is 6.26 Å². The molecule has 0 bridgehead atoms. The molecule has 0 aliphatic heterocycles. The molecule has 19 heavy (non-hydrogen) atoms. The Labute approximate surface area is 135 Å². The number of aliphatic imine (C=N–C) groups is 1. The van der Waals surface area contributed by atoms with E-state index in [-0.39, 0.29) is 21.4 Å². The smallest absolute Gasteiger partial charge is 0.339 e. The summed E-state index contributed by atoms with van der Waals surface area (Å²) in [5, 5.41) is 20.5. The van der Waals surface area contributed by atoms with Gasteiger partial charge in [0.2, 0.25) is 0 Å². The van der Waals surface area contributed by atoms with Crippen molar-refractivity contribution < 1.29 is 9.90 Å². The molecular formula is C10H6Br2ClN3O2S. The molecular weight excluding hydrogens is 421 g/mol. The van der Waals surface area contributed by atoms with Crippen molar-refractivity contribution >= 4 is 72.0 Å². The van der Waals surface area contributed by atoms with Crippen molar-refractivity contribution in [3.05, 3.63) is 25.6 Å². The number of rotatable bonds is 2. The van der Waals surface area contributed by atoms with Crippen LogP contribution in [0, 0.1) is 11.5 Å². The fourth-order valence-corrected chi connectivity index (χ4v) is 2.97. The van der Waals surface area contributed by atoms with Crippen molar-refractivity contribution in [1.29, 1.82) is 5.26 Å². The van der Waals surface area contributed by atoms with Crippen LogP contribution in [-0.4, -0.2) is 22.5 Å². The van der Waals surface area contributed by atoms with Crippen molar-refractivity contribution in [2.45, 2.75) is 0 Å². The molecule has 5 nitrogen and oxygen atoms in total. The third kappa shape index (κ3) is 3.86. The first-order chi connectivity index (χ1) is 8.92. The van der Waals surface area contributed by atoms with E-state index < -0.39 is 5.97 Å². The van der Waals surface area contributed by atoms with Crippen molar-refractivity contribution in [2.24, 2.45) is 4.99 Å². The molecule has 0 unspecified atom stereocenters. The topological polar surface area (TPSA) is 85.5 Å². The van der Waals surface area contributed by atoms with Crippen LogP contribution in [0.2, 0.25) is 5.02 Å². The van der Waals surface area contributed by atoms with Crippen molar-refractivity contribution in [1.82, 2.24) is 5.32 Å². The Kier molecular flexibility index (Phi) is 6.13. The highest BCUT2D eigenvalue weighted by Crippen LogP contribution is 2.39. The number of carboxylic acids is 1. The van der Waals surface area contributed by atoms with E-state index >= 15 is 0 Å². The summed E-state index contributed by atoms with van der Waals surface area (Å²) >= 11 is 13.5. The predicted octanol–water partition coefficient (Wildman–Crippen LogP) is 3.98. The van der Waals surface area contributed by atoms with Crippen LogP contribution < -0.4 is 5.32 Å². The summed E-state index contributed by atoms with van der Waals surface area (Å²) in [6.45, 7) is 0. The van der Waals surface area contributed by atoms with E-state index in [2.05, 4.69) is 42.2 Å². The summed E-state index contributed by atoms with van der Waals surface area (Å²) in [6.07, 6.45) is 3.43. The van der Waals surface area contributed by atoms with Crippen LogP contribution in [-0.2, 0) is 0 Å². The predicted molar refractivity (Wildman–Crippen MR) is 83.2 cm³/mol. The molecule has 0 aliphatic carbocycles. The van der Waals surface area contributed by atoms with Crippen LogP contribution in [0.3, 0.4) is 0 Å². The molecule has 1 rings (SSSR count). The van der Waals surface area contributed by atoms with Crippen LogP contribution >= 0.6 is 55.2 Å². The molecule has 100 valence electrons. The van der Waals surface area contributed by atoms with E-state index in [0.717, 1.165) is 0 Å². The second-order valence-corrected chi connectivity index (χ2v) is 5.92. The molecule has 0 saturated carbocycles. The van der Waals surface area contributed by atoms with E-state index in [1.165, 1.54) is 11.8 Å². The number of aromatic carboxylic acids is 1. The zero-order valence-electron chi connectivity index (χ0n) is 9.37. The zero-order chi connectivity index (χ0) is 14.6. The first-order valence-electron chi connectivity index (χ1n) is 4.61. The third-order valence-electron chi connectivity index (χ3n) is 1.93. The summed E-state index contributed by atoms with van der Waals surface area (Å²) in [5.74, 6) is -1.21. The SMILES string of the molecule is CSC(=Nc1c(Br)cc(Br)c(Cl)c1C(=O)O)NC#N. The Hall–Kier alpha value is -0.750. The summed E-state index contributed by atoms with van der Waals surface area (Å²) in [4.78, 5) is 15.4. The minimum atomic E-state index is -1.21. The third-order valence-corrected chi connectivity index (χ3v) is 4.36. The van der Waals surface area contributed by atoms with Gasteiger partial charge in [-0.05, 0) is 44.2 Å². The highest BCUT2D eigenvalue weighted by Gasteiger charge is 2.20. The number of nitriles is 1. The number of carbonyl (C=O) groups is 1.